The third-order valence-corrected chi connectivity index (χ3v) is 4.08. The highest BCUT2D eigenvalue weighted by molar-refractivity contribution is 7.99. The average molecular weight is 214 g/mol. The van der Waals surface area contributed by atoms with Crippen molar-refractivity contribution in [2.75, 3.05) is 31.1 Å². The van der Waals surface area contributed by atoms with Crippen LogP contribution in [0.15, 0.2) is 0 Å². The van der Waals surface area contributed by atoms with Crippen molar-refractivity contribution in [1.29, 1.82) is 0 Å². The van der Waals surface area contributed by atoms with Gasteiger partial charge in [0.05, 0.1) is 5.54 Å². The van der Waals surface area contributed by atoms with Crippen LogP contribution in [0.2, 0.25) is 0 Å². The number of nitrogens with one attached hydrogen (secondary N) is 1. The van der Waals surface area contributed by atoms with Gasteiger partial charge in [0.25, 0.3) is 0 Å². The second-order valence-electron chi connectivity index (χ2n) is 4.27. The molecule has 1 N–H and O–H groups in total. The summed E-state index contributed by atoms with van der Waals surface area (Å²) in [4.78, 5) is 14.2. The largest absolute Gasteiger partial charge is 0.339 e. The maximum atomic E-state index is 12.2. The average Bonchev–Trinajstić information content (AvgIpc) is 2.67. The minimum atomic E-state index is -0.262. The Kier molecular flexibility index (Phi) is 3.02. The van der Waals surface area contributed by atoms with Crippen LogP contribution in [0.1, 0.15) is 19.8 Å². The van der Waals surface area contributed by atoms with Gasteiger partial charge < -0.3 is 10.2 Å². The van der Waals surface area contributed by atoms with Crippen molar-refractivity contribution in [3.63, 3.8) is 0 Å². The molecular weight excluding hydrogens is 196 g/mol. The van der Waals surface area contributed by atoms with Gasteiger partial charge in [-0.25, -0.2) is 0 Å². The van der Waals surface area contributed by atoms with Crippen molar-refractivity contribution in [3.8, 4) is 0 Å². The van der Waals surface area contributed by atoms with E-state index in [1.807, 2.05) is 23.6 Å². The molecule has 1 amide bonds. The predicted molar refractivity (Wildman–Crippen MR) is 59.5 cm³/mol. The third kappa shape index (κ3) is 1.91. The van der Waals surface area contributed by atoms with Crippen molar-refractivity contribution < 1.29 is 4.79 Å². The maximum absolute atomic E-state index is 12.2. The molecule has 0 aromatic carbocycles. The molecule has 1 atom stereocenters. The molecule has 4 heteroatoms. The Labute approximate surface area is 89.6 Å². The fraction of sp³-hybridized carbons (Fsp3) is 0.900. The smallest absolute Gasteiger partial charge is 0.242 e. The molecule has 3 nitrogen and oxygen atoms in total. The van der Waals surface area contributed by atoms with E-state index >= 15 is 0 Å². The molecule has 0 spiro atoms. The molecule has 80 valence electrons. The summed E-state index contributed by atoms with van der Waals surface area (Å²) >= 11 is 1.94. The molecule has 0 bridgehead atoms. The zero-order valence-electron chi connectivity index (χ0n) is 8.71. The van der Waals surface area contributed by atoms with Gasteiger partial charge in [-0.1, -0.05) is 0 Å². The Morgan fingerprint density at radius 3 is 2.71 bits per heavy atom. The van der Waals surface area contributed by atoms with E-state index in [9.17, 15) is 4.79 Å². The Hall–Kier alpha value is -0.220. The van der Waals surface area contributed by atoms with Gasteiger partial charge in [0.2, 0.25) is 5.91 Å². The van der Waals surface area contributed by atoms with Crippen LogP contribution in [0.25, 0.3) is 0 Å². The lowest BCUT2D eigenvalue weighted by atomic mass is 9.98. The zero-order valence-corrected chi connectivity index (χ0v) is 9.53. The van der Waals surface area contributed by atoms with Gasteiger partial charge in [0.1, 0.15) is 0 Å². The fourth-order valence-corrected chi connectivity index (χ4v) is 3.10. The highest BCUT2D eigenvalue weighted by atomic mass is 32.2. The van der Waals surface area contributed by atoms with Crippen LogP contribution in [-0.2, 0) is 4.79 Å². The number of rotatable bonds is 1. The van der Waals surface area contributed by atoms with E-state index in [1.54, 1.807) is 0 Å². The van der Waals surface area contributed by atoms with Gasteiger partial charge in [0, 0.05) is 24.6 Å². The summed E-state index contributed by atoms with van der Waals surface area (Å²) in [5.74, 6) is 2.51. The van der Waals surface area contributed by atoms with E-state index in [1.165, 1.54) is 0 Å². The number of thioether (sulfide) groups is 1. The van der Waals surface area contributed by atoms with Gasteiger partial charge in [-0.2, -0.15) is 11.8 Å². The van der Waals surface area contributed by atoms with E-state index in [0.717, 1.165) is 44.0 Å². The van der Waals surface area contributed by atoms with Gasteiger partial charge in [-0.3, -0.25) is 4.79 Å². The predicted octanol–water partition coefficient (Wildman–Crippen LogP) is 0.704. The van der Waals surface area contributed by atoms with E-state index in [-0.39, 0.29) is 5.54 Å². The Balaban J connectivity index is 1.98. The maximum Gasteiger partial charge on any atom is 0.242 e. The molecule has 14 heavy (non-hydrogen) atoms. The molecule has 2 fully saturated rings. The number of amides is 1. The highest BCUT2D eigenvalue weighted by Crippen LogP contribution is 2.22. The summed E-state index contributed by atoms with van der Waals surface area (Å²) in [6.45, 7) is 4.90. The first kappa shape index (κ1) is 10.3. The summed E-state index contributed by atoms with van der Waals surface area (Å²) in [5, 5.41) is 3.33. The molecular formula is C10H18N2OS. The SMILES string of the molecule is CC1(C(=O)N2CCSCC2)CCCN1. The summed E-state index contributed by atoms with van der Waals surface area (Å²) in [5.41, 5.74) is -0.262. The second kappa shape index (κ2) is 4.11. The zero-order chi connectivity index (χ0) is 10.0. The molecule has 1 unspecified atom stereocenters. The van der Waals surface area contributed by atoms with Crippen molar-refractivity contribution in [2.45, 2.75) is 25.3 Å². The molecule has 2 heterocycles. The van der Waals surface area contributed by atoms with Gasteiger partial charge in [-0.05, 0) is 26.3 Å². The standard InChI is InChI=1S/C10H18N2OS/c1-10(3-2-4-11-10)9(13)12-5-7-14-8-6-12/h11H,2-8H2,1H3. The minimum Gasteiger partial charge on any atom is -0.339 e. The van der Waals surface area contributed by atoms with Crippen molar-refractivity contribution in [3.05, 3.63) is 0 Å². The Morgan fingerprint density at radius 2 is 2.14 bits per heavy atom. The Morgan fingerprint density at radius 1 is 1.43 bits per heavy atom. The lowest BCUT2D eigenvalue weighted by Crippen LogP contribution is -2.54. The summed E-state index contributed by atoms with van der Waals surface area (Å²) < 4.78 is 0. The van der Waals surface area contributed by atoms with E-state index in [4.69, 9.17) is 0 Å². The van der Waals surface area contributed by atoms with Crippen LogP contribution in [-0.4, -0.2) is 47.5 Å². The van der Waals surface area contributed by atoms with Crippen molar-refractivity contribution >= 4 is 17.7 Å². The van der Waals surface area contributed by atoms with E-state index < -0.39 is 0 Å². The molecule has 0 aliphatic carbocycles. The molecule has 2 aliphatic rings. The molecule has 2 rings (SSSR count). The number of hydrogen-bond acceptors (Lipinski definition) is 3. The molecule has 0 aromatic heterocycles. The first-order chi connectivity index (χ1) is 6.72. The first-order valence-electron chi connectivity index (χ1n) is 5.34. The van der Waals surface area contributed by atoms with Crippen LogP contribution < -0.4 is 5.32 Å². The quantitative estimate of drug-likeness (QED) is 0.697. The van der Waals surface area contributed by atoms with Gasteiger partial charge in [0.15, 0.2) is 0 Å². The molecule has 2 saturated heterocycles. The van der Waals surface area contributed by atoms with Crippen molar-refractivity contribution in [2.24, 2.45) is 0 Å². The van der Waals surface area contributed by atoms with Crippen LogP contribution >= 0.6 is 11.8 Å². The Bertz CT molecular complexity index is 220. The minimum absolute atomic E-state index is 0.262. The van der Waals surface area contributed by atoms with E-state index in [0.29, 0.717) is 5.91 Å². The number of hydrogen-bond donors (Lipinski definition) is 1. The lowest BCUT2D eigenvalue weighted by Gasteiger charge is -2.34. The number of nitrogens with zero attached hydrogens (tertiary/aromatic N) is 1. The normalized spacial score (nSPS) is 33.4. The highest BCUT2D eigenvalue weighted by Gasteiger charge is 2.38. The van der Waals surface area contributed by atoms with E-state index in [2.05, 4.69) is 5.32 Å². The summed E-state index contributed by atoms with van der Waals surface area (Å²) in [7, 11) is 0. The second-order valence-corrected chi connectivity index (χ2v) is 5.49. The van der Waals surface area contributed by atoms with Crippen LogP contribution in [0.3, 0.4) is 0 Å². The molecule has 0 saturated carbocycles. The van der Waals surface area contributed by atoms with Crippen molar-refractivity contribution in [1.82, 2.24) is 10.2 Å². The lowest BCUT2D eigenvalue weighted by molar-refractivity contribution is -0.136. The first-order valence-corrected chi connectivity index (χ1v) is 6.50. The van der Waals surface area contributed by atoms with Crippen LogP contribution in [0.5, 0.6) is 0 Å². The molecule has 0 radical (unpaired) electrons. The summed E-state index contributed by atoms with van der Waals surface area (Å²) in [6, 6.07) is 0. The van der Waals surface area contributed by atoms with Crippen LogP contribution in [0, 0.1) is 0 Å². The van der Waals surface area contributed by atoms with Crippen LogP contribution in [0.4, 0.5) is 0 Å². The molecule has 2 aliphatic heterocycles. The fourth-order valence-electron chi connectivity index (χ4n) is 2.19. The third-order valence-electron chi connectivity index (χ3n) is 3.14. The molecule has 0 aromatic rings. The monoisotopic (exact) mass is 214 g/mol. The summed E-state index contributed by atoms with van der Waals surface area (Å²) in [6.07, 6.45) is 2.13. The van der Waals surface area contributed by atoms with Gasteiger partial charge in [-0.15, -0.1) is 0 Å². The van der Waals surface area contributed by atoms with Gasteiger partial charge >= 0.3 is 0 Å². The number of carbonyl (C=O) groups excluding carboxylic acids is 1. The number of carbonyl (C=O) groups is 1. The topological polar surface area (TPSA) is 32.3 Å².